The van der Waals surface area contributed by atoms with E-state index in [2.05, 4.69) is 76.9 Å². The fourth-order valence-corrected chi connectivity index (χ4v) is 2.29. The van der Waals surface area contributed by atoms with Crippen molar-refractivity contribution in [3.63, 3.8) is 0 Å². The molecular formula is C13H18Br2. The van der Waals surface area contributed by atoms with Crippen molar-refractivity contribution in [1.29, 1.82) is 0 Å². The fraction of sp³-hybridized carbons (Fsp3) is 0.538. The van der Waals surface area contributed by atoms with Gasteiger partial charge in [0.25, 0.3) is 0 Å². The van der Waals surface area contributed by atoms with Crippen LogP contribution in [0.5, 0.6) is 0 Å². The van der Waals surface area contributed by atoms with Crippen LogP contribution in [0.25, 0.3) is 0 Å². The van der Waals surface area contributed by atoms with Crippen LogP contribution in [0.3, 0.4) is 0 Å². The molecule has 0 saturated heterocycles. The third kappa shape index (κ3) is 3.92. The van der Waals surface area contributed by atoms with Crippen LogP contribution < -0.4 is 0 Å². The summed E-state index contributed by atoms with van der Waals surface area (Å²) in [6.45, 7) is 6.87. The summed E-state index contributed by atoms with van der Waals surface area (Å²) in [4.78, 5) is 0.538. The molecule has 1 aromatic rings. The lowest BCUT2D eigenvalue weighted by Crippen LogP contribution is -2.25. The predicted octanol–water partition coefficient (Wildman–Crippen LogP) is 5.19. The predicted molar refractivity (Wildman–Crippen MR) is 74.6 cm³/mol. The van der Waals surface area contributed by atoms with Gasteiger partial charge in [-0.3, -0.25) is 0 Å². The quantitative estimate of drug-likeness (QED) is 0.665. The van der Waals surface area contributed by atoms with E-state index in [9.17, 15) is 0 Å². The zero-order valence-corrected chi connectivity index (χ0v) is 12.7. The molecule has 1 rings (SSSR count). The molecule has 0 fully saturated rings. The topological polar surface area (TPSA) is 0 Å². The Morgan fingerprint density at radius 1 is 1.20 bits per heavy atom. The average Bonchev–Trinajstić information content (AvgIpc) is 2.21. The standard InChI is InChI=1S/C13H18Br2/c1-4-13(2,3)12(15)9-10-5-7-11(14)8-6-10/h5-8,12H,4,9H2,1-3H3. The molecule has 15 heavy (non-hydrogen) atoms. The molecule has 1 aromatic carbocycles. The first kappa shape index (κ1) is 13.2. The van der Waals surface area contributed by atoms with Gasteiger partial charge in [-0.1, -0.05) is 64.8 Å². The first-order valence-corrected chi connectivity index (χ1v) is 7.05. The summed E-state index contributed by atoms with van der Waals surface area (Å²) in [7, 11) is 0. The molecule has 0 heterocycles. The van der Waals surface area contributed by atoms with Crippen molar-refractivity contribution in [2.75, 3.05) is 0 Å². The van der Waals surface area contributed by atoms with Gasteiger partial charge >= 0.3 is 0 Å². The molecule has 0 nitrogen and oxygen atoms in total. The zero-order chi connectivity index (χ0) is 11.5. The van der Waals surface area contributed by atoms with Gasteiger partial charge in [0.1, 0.15) is 0 Å². The highest BCUT2D eigenvalue weighted by molar-refractivity contribution is 9.10. The Morgan fingerprint density at radius 3 is 2.20 bits per heavy atom. The second kappa shape index (κ2) is 5.49. The second-order valence-corrected chi connectivity index (χ2v) is 6.66. The number of alkyl halides is 1. The van der Waals surface area contributed by atoms with Gasteiger partial charge in [0.2, 0.25) is 0 Å². The minimum Gasteiger partial charge on any atom is -0.0881 e. The van der Waals surface area contributed by atoms with Crippen molar-refractivity contribution in [2.24, 2.45) is 5.41 Å². The Hall–Kier alpha value is 0.180. The van der Waals surface area contributed by atoms with Gasteiger partial charge in [0.05, 0.1) is 0 Å². The molecule has 0 aromatic heterocycles. The molecule has 0 spiro atoms. The van der Waals surface area contributed by atoms with Crippen LogP contribution in [0, 0.1) is 5.41 Å². The average molecular weight is 334 g/mol. The summed E-state index contributed by atoms with van der Waals surface area (Å²) in [5, 5.41) is 0. The molecule has 1 unspecified atom stereocenters. The highest BCUT2D eigenvalue weighted by atomic mass is 79.9. The normalized spacial score (nSPS) is 13.9. The van der Waals surface area contributed by atoms with E-state index in [4.69, 9.17) is 0 Å². The van der Waals surface area contributed by atoms with Crippen LogP contribution in [0.2, 0.25) is 0 Å². The lowest BCUT2D eigenvalue weighted by molar-refractivity contribution is 0.340. The van der Waals surface area contributed by atoms with E-state index >= 15 is 0 Å². The van der Waals surface area contributed by atoms with Gasteiger partial charge in [-0.05, 0) is 36.0 Å². The monoisotopic (exact) mass is 332 g/mol. The van der Waals surface area contributed by atoms with Crippen LogP contribution >= 0.6 is 31.9 Å². The van der Waals surface area contributed by atoms with E-state index < -0.39 is 0 Å². The van der Waals surface area contributed by atoms with Crippen LogP contribution in [0.4, 0.5) is 0 Å². The lowest BCUT2D eigenvalue weighted by Gasteiger charge is -2.29. The maximum atomic E-state index is 3.80. The maximum Gasteiger partial charge on any atom is 0.0237 e. The van der Waals surface area contributed by atoms with Gasteiger partial charge < -0.3 is 0 Å². The van der Waals surface area contributed by atoms with Crippen LogP contribution in [-0.4, -0.2) is 4.83 Å². The second-order valence-electron chi connectivity index (χ2n) is 4.64. The largest absolute Gasteiger partial charge is 0.0881 e. The van der Waals surface area contributed by atoms with Crippen molar-refractivity contribution in [2.45, 2.75) is 38.4 Å². The summed E-state index contributed by atoms with van der Waals surface area (Å²) < 4.78 is 1.15. The van der Waals surface area contributed by atoms with Crippen molar-refractivity contribution in [3.8, 4) is 0 Å². The summed E-state index contributed by atoms with van der Waals surface area (Å²) in [5.74, 6) is 0. The number of hydrogen-bond donors (Lipinski definition) is 0. The SMILES string of the molecule is CCC(C)(C)C(Br)Cc1ccc(Br)cc1. The molecule has 0 aliphatic carbocycles. The van der Waals surface area contributed by atoms with E-state index in [1.165, 1.54) is 12.0 Å². The Bertz CT molecular complexity index is 301. The molecular weight excluding hydrogens is 316 g/mol. The van der Waals surface area contributed by atoms with E-state index in [0.29, 0.717) is 10.2 Å². The van der Waals surface area contributed by atoms with Crippen LogP contribution in [0.15, 0.2) is 28.7 Å². The van der Waals surface area contributed by atoms with E-state index in [-0.39, 0.29) is 0 Å². The Labute approximate surface area is 110 Å². The highest BCUT2D eigenvalue weighted by Crippen LogP contribution is 2.32. The van der Waals surface area contributed by atoms with E-state index in [1.807, 2.05) is 0 Å². The minimum absolute atomic E-state index is 0.354. The lowest BCUT2D eigenvalue weighted by atomic mass is 9.84. The summed E-state index contributed by atoms with van der Waals surface area (Å²) in [5.41, 5.74) is 1.74. The van der Waals surface area contributed by atoms with Gasteiger partial charge in [0.15, 0.2) is 0 Å². The van der Waals surface area contributed by atoms with Gasteiger partial charge in [-0.15, -0.1) is 0 Å². The van der Waals surface area contributed by atoms with E-state index in [0.717, 1.165) is 10.9 Å². The molecule has 0 bridgehead atoms. The third-order valence-corrected chi connectivity index (χ3v) is 5.18. The number of benzene rings is 1. The van der Waals surface area contributed by atoms with Crippen molar-refractivity contribution in [1.82, 2.24) is 0 Å². The molecule has 0 aliphatic heterocycles. The number of rotatable bonds is 4. The Balaban J connectivity index is 2.66. The highest BCUT2D eigenvalue weighted by Gasteiger charge is 2.25. The molecule has 0 aliphatic rings. The zero-order valence-electron chi connectivity index (χ0n) is 9.56. The summed E-state index contributed by atoms with van der Waals surface area (Å²) in [6.07, 6.45) is 2.29. The first-order valence-electron chi connectivity index (χ1n) is 5.34. The van der Waals surface area contributed by atoms with E-state index in [1.54, 1.807) is 0 Å². The first-order chi connectivity index (χ1) is 6.95. The molecule has 0 radical (unpaired) electrons. The van der Waals surface area contributed by atoms with Crippen LogP contribution in [0.1, 0.15) is 32.8 Å². The maximum absolute atomic E-state index is 3.80. The molecule has 0 amide bonds. The van der Waals surface area contributed by atoms with Crippen molar-refractivity contribution >= 4 is 31.9 Å². The number of halogens is 2. The Kier molecular flexibility index (Phi) is 4.85. The smallest absolute Gasteiger partial charge is 0.0237 e. The fourth-order valence-electron chi connectivity index (χ4n) is 1.33. The molecule has 84 valence electrons. The van der Waals surface area contributed by atoms with Crippen molar-refractivity contribution in [3.05, 3.63) is 34.3 Å². The summed E-state index contributed by atoms with van der Waals surface area (Å²) in [6, 6.07) is 8.58. The van der Waals surface area contributed by atoms with Crippen molar-refractivity contribution < 1.29 is 0 Å². The molecule has 0 saturated carbocycles. The number of hydrogen-bond acceptors (Lipinski definition) is 0. The molecule has 1 atom stereocenters. The van der Waals surface area contributed by atoms with Gasteiger partial charge in [-0.25, -0.2) is 0 Å². The summed E-state index contributed by atoms with van der Waals surface area (Å²) >= 11 is 7.26. The third-order valence-electron chi connectivity index (χ3n) is 3.09. The Morgan fingerprint density at radius 2 is 1.73 bits per heavy atom. The van der Waals surface area contributed by atoms with Gasteiger partial charge in [-0.2, -0.15) is 0 Å². The van der Waals surface area contributed by atoms with Gasteiger partial charge in [0, 0.05) is 9.30 Å². The minimum atomic E-state index is 0.354. The van der Waals surface area contributed by atoms with Crippen LogP contribution in [-0.2, 0) is 6.42 Å². The molecule has 0 N–H and O–H groups in total. The molecule has 2 heteroatoms.